The normalized spacial score (nSPS) is 6.88. The molecule has 0 saturated heterocycles. The first-order valence-electron chi connectivity index (χ1n) is 1.21. The minimum Gasteiger partial charge on any atom is -0.377 e. The fraction of sp³-hybridized carbons (Fsp3) is 0. The van der Waals surface area contributed by atoms with Crippen molar-refractivity contribution in [3.63, 3.8) is 0 Å². The molecule has 0 aliphatic heterocycles. The van der Waals surface area contributed by atoms with Crippen molar-refractivity contribution in [1.29, 1.82) is 0 Å². The van der Waals surface area contributed by atoms with Crippen molar-refractivity contribution in [2.24, 2.45) is 0 Å². The molecular formula is CH3NO2S3Zn. The SMILES string of the molecule is O=C(OS)N(S)S.[Zn]. The van der Waals surface area contributed by atoms with Gasteiger partial charge in [-0.25, -0.2) is 4.79 Å². The molecule has 0 heterocycles. The zero-order chi connectivity index (χ0) is 5.86. The van der Waals surface area contributed by atoms with Crippen LogP contribution in [0.2, 0.25) is 0 Å². The average molecular weight is 223 g/mol. The van der Waals surface area contributed by atoms with Crippen molar-refractivity contribution < 1.29 is 28.5 Å². The topological polar surface area (TPSA) is 29.5 Å². The standard InChI is InChI=1S/CH3NO2S3.Zn/c3-1(4-7)2(5)6;/h5-7H;. The summed E-state index contributed by atoms with van der Waals surface area (Å²) in [6, 6.07) is 0. The molecule has 0 spiro atoms. The molecule has 0 fully saturated rings. The molecule has 7 heteroatoms. The molecule has 44 valence electrons. The average Bonchev–Trinajstić information content (AvgIpc) is 1.65. The van der Waals surface area contributed by atoms with Gasteiger partial charge in [0.25, 0.3) is 0 Å². The van der Waals surface area contributed by atoms with E-state index in [9.17, 15) is 4.79 Å². The van der Waals surface area contributed by atoms with Gasteiger partial charge in [0.1, 0.15) is 0 Å². The van der Waals surface area contributed by atoms with E-state index in [1.165, 1.54) is 0 Å². The smallest absolute Gasteiger partial charge is 0.377 e. The molecule has 0 aliphatic carbocycles. The van der Waals surface area contributed by atoms with Crippen molar-refractivity contribution in [3.8, 4) is 0 Å². The van der Waals surface area contributed by atoms with Gasteiger partial charge in [-0.3, -0.25) is 0 Å². The second-order valence-electron chi connectivity index (χ2n) is 0.647. The van der Waals surface area contributed by atoms with Gasteiger partial charge in [0, 0.05) is 32.4 Å². The van der Waals surface area contributed by atoms with E-state index < -0.39 is 6.09 Å². The monoisotopic (exact) mass is 221 g/mol. The maximum atomic E-state index is 9.99. The van der Waals surface area contributed by atoms with Crippen LogP contribution in [0.5, 0.6) is 0 Å². The third-order valence-electron chi connectivity index (χ3n) is 0.241. The molecule has 0 saturated carbocycles. The first kappa shape index (κ1) is 11.7. The zero-order valence-electron chi connectivity index (χ0n) is 3.81. The Balaban J connectivity index is 0. The molecule has 0 aromatic heterocycles. The van der Waals surface area contributed by atoms with Gasteiger partial charge in [-0.1, -0.05) is 0 Å². The Bertz CT molecular complexity index is 77.7. The zero-order valence-corrected chi connectivity index (χ0v) is 9.46. The van der Waals surface area contributed by atoms with Crippen molar-refractivity contribution in [3.05, 3.63) is 0 Å². The summed E-state index contributed by atoms with van der Waals surface area (Å²) in [6.07, 6.45) is -0.727. The van der Waals surface area contributed by atoms with Crippen molar-refractivity contribution in [2.45, 2.75) is 0 Å². The summed E-state index contributed by atoms with van der Waals surface area (Å²) in [5.41, 5.74) is 0. The van der Waals surface area contributed by atoms with Gasteiger partial charge < -0.3 is 4.18 Å². The Morgan fingerprint density at radius 2 is 1.88 bits per heavy atom. The number of hydrogen-bond acceptors (Lipinski definition) is 5. The van der Waals surface area contributed by atoms with Crippen LogP contribution in [-0.4, -0.2) is 9.80 Å². The fourth-order valence-electron chi connectivity index (χ4n) is 0.0365. The third-order valence-corrected chi connectivity index (χ3v) is 0.724. The van der Waals surface area contributed by atoms with Gasteiger partial charge in [0.15, 0.2) is 0 Å². The number of amides is 1. The largest absolute Gasteiger partial charge is 0.441 e. The molecule has 1 amide bonds. The Morgan fingerprint density at radius 1 is 1.50 bits per heavy atom. The first-order valence-corrected chi connectivity index (χ1v) is 2.38. The Hall–Kier alpha value is 0.943. The molecule has 0 N–H and O–H groups in total. The van der Waals surface area contributed by atoms with E-state index in [2.05, 4.69) is 42.7 Å². The molecule has 0 aromatic rings. The van der Waals surface area contributed by atoms with Gasteiger partial charge in [-0.15, -0.1) is 0 Å². The van der Waals surface area contributed by atoms with Gasteiger partial charge in [-0.05, 0) is 25.6 Å². The molecule has 0 aliphatic rings. The second kappa shape index (κ2) is 6.07. The molecule has 0 unspecified atom stereocenters. The van der Waals surface area contributed by atoms with Gasteiger partial charge in [-0.2, -0.15) is 3.71 Å². The Morgan fingerprint density at radius 3 is 1.88 bits per heavy atom. The molecule has 0 atom stereocenters. The summed E-state index contributed by atoms with van der Waals surface area (Å²) in [4.78, 5) is 9.99. The maximum Gasteiger partial charge on any atom is 0.441 e. The van der Waals surface area contributed by atoms with Crippen LogP contribution in [0.25, 0.3) is 0 Å². The van der Waals surface area contributed by atoms with E-state index in [1.807, 2.05) is 0 Å². The summed E-state index contributed by atoms with van der Waals surface area (Å²) in [7, 11) is 0. The summed E-state index contributed by atoms with van der Waals surface area (Å²) >= 11 is 10.1. The predicted octanol–water partition coefficient (Wildman–Crippen LogP) is 0.957. The fourth-order valence-corrected chi connectivity index (χ4v) is 0.329. The Labute approximate surface area is 76.6 Å². The molecule has 0 radical (unpaired) electrons. The van der Waals surface area contributed by atoms with Crippen LogP contribution in [0.15, 0.2) is 0 Å². The number of thiol groups is 3. The van der Waals surface area contributed by atoms with E-state index in [0.717, 1.165) is 0 Å². The van der Waals surface area contributed by atoms with Gasteiger partial charge >= 0.3 is 6.09 Å². The number of nitrogens with zero attached hydrogens (tertiary/aromatic N) is 1. The second-order valence-corrected chi connectivity index (χ2v) is 1.94. The van der Waals surface area contributed by atoms with Crippen LogP contribution in [-0.2, 0) is 23.7 Å². The van der Waals surface area contributed by atoms with E-state index in [-0.39, 0.29) is 19.5 Å². The Kier molecular flexibility index (Phi) is 8.88. The number of carbonyl (C=O) groups excluding carboxylic acids is 1. The first-order chi connectivity index (χ1) is 3.18. The number of rotatable bonds is 0. The van der Waals surface area contributed by atoms with Gasteiger partial charge in [0.05, 0.1) is 0 Å². The molecule has 0 bridgehead atoms. The molecule has 3 nitrogen and oxygen atoms in total. The van der Waals surface area contributed by atoms with Crippen LogP contribution in [0.3, 0.4) is 0 Å². The molecule has 8 heavy (non-hydrogen) atoms. The van der Waals surface area contributed by atoms with Crippen molar-refractivity contribution in [1.82, 2.24) is 3.71 Å². The van der Waals surface area contributed by atoms with Crippen molar-refractivity contribution >= 4 is 44.6 Å². The van der Waals surface area contributed by atoms with Crippen LogP contribution >= 0.6 is 38.5 Å². The third kappa shape index (κ3) is 5.09. The summed E-state index contributed by atoms with van der Waals surface area (Å²) in [6.45, 7) is 0. The van der Waals surface area contributed by atoms with E-state index >= 15 is 0 Å². The minimum atomic E-state index is -0.727. The minimum absolute atomic E-state index is 0. The molecule has 0 rings (SSSR count). The van der Waals surface area contributed by atoms with Gasteiger partial charge in [0.2, 0.25) is 0 Å². The predicted molar refractivity (Wildman–Crippen MR) is 35.3 cm³/mol. The number of carbonyl (C=O) groups is 1. The van der Waals surface area contributed by atoms with Crippen LogP contribution < -0.4 is 0 Å². The van der Waals surface area contributed by atoms with E-state index in [1.54, 1.807) is 0 Å². The van der Waals surface area contributed by atoms with Crippen LogP contribution in [0, 0.1) is 0 Å². The summed E-state index contributed by atoms with van der Waals surface area (Å²) in [5, 5.41) is 0. The summed E-state index contributed by atoms with van der Waals surface area (Å²) < 4.78 is 4.51. The quantitative estimate of drug-likeness (QED) is 0.324. The maximum absolute atomic E-state index is 9.99. The molecule has 0 aromatic carbocycles. The van der Waals surface area contributed by atoms with E-state index in [4.69, 9.17) is 0 Å². The van der Waals surface area contributed by atoms with Crippen LogP contribution in [0.4, 0.5) is 4.79 Å². The molecular weight excluding hydrogens is 220 g/mol. The number of hydrogen-bond donors (Lipinski definition) is 3. The van der Waals surface area contributed by atoms with Crippen molar-refractivity contribution in [2.75, 3.05) is 0 Å². The summed E-state index contributed by atoms with van der Waals surface area (Å²) in [5.74, 6) is 0. The van der Waals surface area contributed by atoms with E-state index in [0.29, 0.717) is 3.71 Å². The van der Waals surface area contributed by atoms with Crippen LogP contribution in [0.1, 0.15) is 0 Å².